The molecule has 0 fully saturated rings. The Morgan fingerprint density at radius 1 is 1.35 bits per heavy atom. The highest BCUT2D eigenvalue weighted by Crippen LogP contribution is 2.06. The van der Waals surface area contributed by atoms with Crippen LogP contribution < -0.4 is 16.2 Å². The van der Waals surface area contributed by atoms with Gasteiger partial charge in [0.25, 0.3) is 5.56 Å². The largest absolute Gasteiger partial charge is 0.444 e. The topological polar surface area (TPSA) is 85.2 Å². The van der Waals surface area contributed by atoms with Gasteiger partial charge in [0.15, 0.2) is 5.82 Å². The number of nitrogens with one attached hydrogen (secondary N) is 2. The zero-order valence-electron chi connectivity index (χ0n) is 14.7. The molecule has 1 aromatic heterocycles. The lowest BCUT2D eigenvalue weighted by Gasteiger charge is -2.19. The number of ether oxygens (including phenoxy) is 1. The lowest BCUT2D eigenvalue weighted by molar-refractivity contribution is 0.0528. The van der Waals surface area contributed by atoms with E-state index >= 15 is 0 Å². The van der Waals surface area contributed by atoms with Crippen molar-refractivity contribution in [3.05, 3.63) is 22.7 Å². The minimum atomic E-state index is -0.502. The molecule has 0 saturated heterocycles. The van der Waals surface area contributed by atoms with E-state index < -0.39 is 11.7 Å². The Bertz CT molecular complexity index is 561. The molecule has 0 aliphatic rings. The van der Waals surface area contributed by atoms with Crippen molar-refractivity contribution >= 4 is 11.9 Å². The monoisotopic (exact) mass is 324 g/mol. The highest BCUT2D eigenvalue weighted by Gasteiger charge is 2.15. The second-order valence-electron chi connectivity index (χ2n) is 6.84. The first-order valence-electron chi connectivity index (χ1n) is 7.95. The van der Waals surface area contributed by atoms with Crippen LogP contribution in [-0.2, 0) is 11.3 Å². The van der Waals surface area contributed by atoms with E-state index in [1.54, 1.807) is 17.0 Å². The van der Waals surface area contributed by atoms with Crippen molar-refractivity contribution < 1.29 is 9.53 Å². The summed E-state index contributed by atoms with van der Waals surface area (Å²) >= 11 is 0. The van der Waals surface area contributed by atoms with E-state index in [0.29, 0.717) is 37.8 Å². The van der Waals surface area contributed by atoms with Gasteiger partial charge in [0, 0.05) is 32.0 Å². The van der Waals surface area contributed by atoms with E-state index in [1.165, 1.54) is 0 Å². The van der Waals surface area contributed by atoms with Crippen molar-refractivity contribution in [2.24, 2.45) is 5.92 Å². The standard InChI is InChI=1S/C16H28N4O3/c1-12(2)11-20-10-9-18-13(14(20)21)17-7-6-8-19-15(22)23-16(3,4)5/h9-10,12H,6-8,11H2,1-5H3,(H,17,18)(H,19,22). The molecule has 23 heavy (non-hydrogen) atoms. The predicted octanol–water partition coefficient (Wildman–Crippen LogP) is 2.23. The molecule has 0 atom stereocenters. The van der Waals surface area contributed by atoms with Crippen molar-refractivity contribution in [1.29, 1.82) is 0 Å². The number of nitrogens with zero attached hydrogens (tertiary/aromatic N) is 2. The summed E-state index contributed by atoms with van der Waals surface area (Å²) in [5, 5.41) is 5.68. The number of alkyl carbamates (subject to hydrolysis) is 1. The van der Waals surface area contributed by atoms with E-state index in [2.05, 4.69) is 29.5 Å². The zero-order chi connectivity index (χ0) is 17.5. The van der Waals surface area contributed by atoms with Gasteiger partial charge < -0.3 is 19.9 Å². The zero-order valence-corrected chi connectivity index (χ0v) is 14.7. The van der Waals surface area contributed by atoms with E-state index in [4.69, 9.17) is 4.74 Å². The first-order valence-corrected chi connectivity index (χ1v) is 7.95. The summed E-state index contributed by atoms with van der Waals surface area (Å²) in [5.74, 6) is 0.728. The molecule has 7 heteroatoms. The third kappa shape index (κ3) is 7.67. The van der Waals surface area contributed by atoms with Crippen molar-refractivity contribution in [1.82, 2.24) is 14.9 Å². The second-order valence-corrected chi connectivity index (χ2v) is 6.84. The minimum Gasteiger partial charge on any atom is -0.444 e. The Labute approximate surface area is 137 Å². The van der Waals surface area contributed by atoms with Crippen LogP contribution in [0.15, 0.2) is 17.2 Å². The molecule has 130 valence electrons. The molecule has 7 nitrogen and oxygen atoms in total. The second kappa shape index (κ2) is 8.55. The van der Waals surface area contributed by atoms with Crippen LogP contribution in [0.2, 0.25) is 0 Å². The first kappa shape index (κ1) is 19.0. The molecule has 1 rings (SSSR count). The number of carbonyl (C=O) groups excluding carboxylic acids is 1. The van der Waals surface area contributed by atoms with Gasteiger partial charge in [0.1, 0.15) is 5.60 Å². The Hall–Kier alpha value is -2.05. The highest BCUT2D eigenvalue weighted by atomic mass is 16.6. The van der Waals surface area contributed by atoms with Gasteiger partial charge >= 0.3 is 6.09 Å². The van der Waals surface area contributed by atoms with Crippen molar-refractivity contribution in [2.45, 2.75) is 53.2 Å². The number of anilines is 1. The molecular weight excluding hydrogens is 296 g/mol. The molecule has 1 heterocycles. The van der Waals surface area contributed by atoms with Crippen LogP contribution in [-0.4, -0.2) is 34.3 Å². The fraction of sp³-hybridized carbons (Fsp3) is 0.688. The van der Waals surface area contributed by atoms with E-state index in [0.717, 1.165) is 0 Å². The molecule has 2 N–H and O–H groups in total. The summed E-state index contributed by atoms with van der Waals surface area (Å²) in [6, 6.07) is 0. The van der Waals surface area contributed by atoms with Gasteiger partial charge in [-0.15, -0.1) is 0 Å². The Kier molecular flexibility index (Phi) is 7.06. The molecule has 0 saturated carbocycles. The third-order valence-electron chi connectivity index (χ3n) is 2.79. The minimum absolute atomic E-state index is 0.124. The van der Waals surface area contributed by atoms with Crippen LogP contribution in [0.4, 0.5) is 10.6 Å². The molecule has 1 aromatic rings. The van der Waals surface area contributed by atoms with Crippen LogP contribution in [0.25, 0.3) is 0 Å². The number of hydrogen-bond acceptors (Lipinski definition) is 5. The molecule has 0 aromatic carbocycles. The van der Waals surface area contributed by atoms with Gasteiger partial charge in [-0.3, -0.25) is 4.79 Å². The SMILES string of the molecule is CC(C)Cn1ccnc(NCCCNC(=O)OC(C)(C)C)c1=O. The molecule has 0 aliphatic carbocycles. The van der Waals surface area contributed by atoms with E-state index in [1.807, 2.05) is 20.8 Å². The number of amides is 1. The number of rotatable bonds is 7. The molecule has 0 bridgehead atoms. The van der Waals surface area contributed by atoms with E-state index in [-0.39, 0.29) is 5.56 Å². The smallest absolute Gasteiger partial charge is 0.407 e. The average Bonchev–Trinajstić information content (AvgIpc) is 2.39. The van der Waals surface area contributed by atoms with Gasteiger partial charge in [-0.05, 0) is 33.1 Å². The molecule has 0 spiro atoms. The lowest BCUT2D eigenvalue weighted by atomic mass is 10.2. The number of hydrogen-bond donors (Lipinski definition) is 2. The summed E-state index contributed by atoms with van der Waals surface area (Å²) in [4.78, 5) is 27.7. The van der Waals surface area contributed by atoms with Crippen LogP contribution >= 0.6 is 0 Å². The molecular formula is C16H28N4O3. The molecule has 0 radical (unpaired) electrons. The fourth-order valence-corrected chi connectivity index (χ4v) is 1.91. The highest BCUT2D eigenvalue weighted by molar-refractivity contribution is 5.67. The molecule has 0 unspecified atom stereocenters. The fourth-order valence-electron chi connectivity index (χ4n) is 1.91. The van der Waals surface area contributed by atoms with E-state index in [9.17, 15) is 9.59 Å². The van der Waals surface area contributed by atoms with Gasteiger partial charge in [-0.25, -0.2) is 9.78 Å². The molecule has 0 aliphatic heterocycles. The maximum atomic E-state index is 12.2. The number of aromatic nitrogens is 2. The van der Waals surface area contributed by atoms with Gasteiger partial charge in [-0.1, -0.05) is 13.8 Å². The van der Waals surface area contributed by atoms with Crippen molar-refractivity contribution in [3.8, 4) is 0 Å². The number of carbonyl (C=O) groups is 1. The lowest BCUT2D eigenvalue weighted by Crippen LogP contribution is -2.33. The normalized spacial score (nSPS) is 11.4. The van der Waals surface area contributed by atoms with Crippen molar-refractivity contribution in [3.63, 3.8) is 0 Å². The summed E-state index contributed by atoms with van der Waals surface area (Å²) in [6.45, 7) is 11.2. The Balaban J connectivity index is 2.37. The van der Waals surface area contributed by atoms with Crippen LogP contribution in [0.3, 0.4) is 0 Å². The van der Waals surface area contributed by atoms with Gasteiger partial charge in [0.05, 0.1) is 0 Å². The molecule has 1 amide bonds. The van der Waals surface area contributed by atoms with Gasteiger partial charge in [0.2, 0.25) is 0 Å². The summed E-state index contributed by atoms with van der Waals surface area (Å²) in [5.41, 5.74) is -0.626. The Morgan fingerprint density at radius 2 is 2.04 bits per heavy atom. The van der Waals surface area contributed by atoms with Gasteiger partial charge in [-0.2, -0.15) is 0 Å². The maximum absolute atomic E-state index is 12.2. The first-order chi connectivity index (χ1) is 10.7. The van der Waals surface area contributed by atoms with Crippen LogP contribution in [0.5, 0.6) is 0 Å². The van der Waals surface area contributed by atoms with Crippen LogP contribution in [0.1, 0.15) is 41.0 Å². The van der Waals surface area contributed by atoms with Crippen LogP contribution in [0, 0.1) is 5.92 Å². The summed E-state index contributed by atoms with van der Waals surface area (Å²) in [6.07, 6.45) is 3.54. The Morgan fingerprint density at radius 3 is 2.65 bits per heavy atom. The quantitative estimate of drug-likeness (QED) is 0.751. The summed E-state index contributed by atoms with van der Waals surface area (Å²) < 4.78 is 6.79. The average molecular weight is 324 g/mol. The maximum Gasteiger partial charge on any atom is 0.407 e. The van der Waals surface area contributed by atoms with Crippen molar-refractivity contribution in [2.75, 3.05) is 18.4 Å². The summed E-state index contributed by atoms with van der Waals surface area (Å²) in [7, 11) is 0. The third-order valence-corrected chi connectivity index (χ3v) is 2.79. The predicted molar refractivity (Wildman–Crippen MR) is 90.7 cm³/mol.